The molecule has 0 aliphatic carbocycles. The van der Waals surface area contributed by atoms with Crippen molar-refractivity contribution in [2.24, 2.45) is 0 Å². The average Bonchev–Trinajstić information content (AvgIpc) is 3.54. The molecule has 54 heavy (non-hydrogen) atoms. The standard InChI is InChI=1S/C28H4F16N6O4/c29-11-7-8(12(30)16(34)15(11)33)20(52)49(19(7)51)5-1-45-23(46-2-5)25(37,38)27(41,42)28(43,44)26(39,40)24-47-3-6(4-48-24)50-21(53)9-10(22(50)54)14(32)18(36)17(35)13(9)31/h1-4H. The number of nitrogens with zero attached hydrogens (tertiary/aromatic N) is 6. The first-order valence-electron chi connectivity index (χ1n) is 13.5. The van der Waals surface area contributed by atoms with Crippen LogP contribution in [0.1, 0.15) is 53.1 Å². The molecule has 0 unspecified atom stereocenters. The second kappa shape index (κ2) is 11.6. The van der Waals surface area contributed by atoms with Crippen LogP contribution in [-0.4, -0.2) is 55.4 Å². The van der Waals surface area contributed by atoms with Gasteiger partial charge in [-0.2, -0.15) is 35.1 Å². The van der Waals surface area contributed by atoms with Crippen molar-refractivity contribution in [1.82, 2.24) is 19.9 Å². The minimum atomic E-state index is -7.25. The van der Waals surface area contributed by atoms with Crippen molar-refractivity contribution < 1.29 is 89.4 Å². The molecule has 4 aromatic rings. The van der Waals surface area contributed by atoms with E-state index in [1.54, 1.807) is 0 Å². The Kier molecular flexibility index (Phi) is 8.08. The fraction of sp³-hybridized carbons (Fsp3) is 0.143. The molecule has 0 saturated carbocycles. The summed E-state index contributed by atoms with van der Waals surface area (Å²) in [5.41, 5.74) is -9.35. The Hall–Kier alpha value is -6.24. The molecule has 4 amide bonds. The Morgan fingerprint density at radius 2 is 0.574 bits per heavy atom. The molecule has 26 heteroatoms. The number of anilines is 2. The molecule has 0 N–H and O–H groups in total. The second-order valence-electron chi connectivity index (χ2n) is 10.7. The third-order valence-electron chi connectivity index (χ3n) is 7.74. The highest BCUT2D eigenvalue weighted by Gasteiger charge is 2.83. The summed E-state index contributed by atoms with van der Waals surface area (Å²) in [7, 11) is 0. The lowest BCUT2D eigenvalue weighted by atomic mass is 9.97. The normalized spacial score (nSPS) is 15.1. The van der Waals surface area contributed by atoms with E-state index in [0.29, 0.717) is 0 Å². The molecule has 0 bridgehead atoms. The molecule has 282 valence electrons. The monoisotopic (exact) mass is 792 g/mol. The van der Waals surface area contributed by atoms with Crippen LogP contribution in [0.3, 0.4) is 0 Å². The predicted molar refractivity (Wildman–Crippen MR) is 137 cm³/mol. The number of carbonyl (C=O) groups excluding carboxylic acids is 4. The predicted octanol–water partition coefficient (Wildman–Crippen LogP) is 6.14. The number of amides is 4. The summed E-state index contributed by atoms with van der Waals surface area (Å²) >= 11 is 0. The Bertz CT molecular complexity index is 2120. The highest BCUT2D eigenvalue weighted by atomic mass is 19.4. The van der Waals surface area contributed by atoms with Crippen molar-refractivity contribution in [2.45, 2.75) is 23.7 Å². The van der Waals surface area contributed by atoms with E-state index >= 15 is 0 Å². The maximum absolute atomic E-state index is 14.9. The molecule has 2 aromatic carbocycles. The van der Waals surface area contributed by atoms with E-state index < -0.39 is 149 Å². The lowest BCUT2D eigenvalue weighted by molar-refractivity contribution is -0.377. The lowest BCUT2D eigenvalue weighted by Gasteiger charge is -2.35. The van der Waals surface area contributed by atoms with Crippen molar-refractivity contribution in [3.8, 4) is 0 Å². The SMILES string of the molecule is O=C1c2c(F)c(F)c(F)c(F)c2C(=O)N1c1cnc(C(F)(F)C(F)(F)C(F)(F)C(F)(F)c2ncc(N3C(=O)c4c(F)c(F)c(F)c(F)c4C3=O)cn2)nc1. The molecule has 2 aromatic heterocycles. The number of alkyl halides is 8. The summed E-state index contributed by atoms with van der Waals surface area (Å²) in [4.78, 5) is 59.4. The van der Waals surface area contributed by atoms with E-state index in [4.69, 9.17) is 0 Å². The van der Waals surface area contributed by atoms with Gasteiger partial charge in [-0.05, 0) is 0 Å². The molecule has 0 atom stereocenters. The minimum Gasteiger partial charge on any atom is -0.268 e. The third-order valence-corrected chi connectivity index (χ3v) is 7.74. The molecule has 2 aliphatic rings. The van der Waals surface area contributed by atoms with Crippen LogP contribution in [0, 0.1) is 46.5 Å². The summed E-state index contributed by atoms with van der Waals surface area (Å²) in [5.74, 6) is -60.8. The lowest BCUT2D eigenvalue weighted by Crippen LogP contribution is -2.60. The molecular formula is C28H4F16N6O4. The summed E-state index contributed by atoms with van der Waals surface area (Å²) < 4.78 is 230. The minimum absolute atomic E-state index is 0.200. The Morgan fingerprint density at radius 3 is 0.778 bits per heavy atom. The summed E-state index contributed by atoms with van der Waals surface area (Å²) in [6, 6.07) is 0. The number of imide groups is 2. The maximum Gasteiger partial charge on any atom is 0.386 e. The number of aromatic nitrogens is 4. The van der Waals surface area contributed by atoms with Gasteiger partial charge in [0.2, 0.25) is 11.6 Å². The Balaban J connectivity index is 1.28. The van der Waals surface area contributed by atoms with Gasteiger partial charge >= 0.3 is 23.7 Å². The summed E-state index contributed by atoms with van der Waals surface area (Å²) in [5, 5.41) is 0. The van der Waals surface area contributed by atoms with Crippen LogP contribution in [-0.2, 0) is 11.8 Å². The molecule has 0 spiro atoms. The van der Waals surface area contributed by atoms with E-state index in [9.17, 15) is 89.4 Å². The number of benzene rings is 2. The molecule has 4 heterocycles. The van der Waals surface area contributed by atoms with Crippen LogP contribution in [0.2, 0.25) is 0 Å². The highest BCUT2D eigenvalue weighted by Crippen LogP contribution is 2.58. The summed E-state index contributed by atoms with van der Waals surface area (Å²) in [6.45, 7) is 0. The number of carbonyl (C=O) groups is 4. The number of hydrogen-bond acceptors (Lipinski definition) is 8. The zero-order chi connectivity index (χ0) is 40.4. The van der Waals surface area contributed by atoms with E-state index in [0.717, 1.165) is 0 Å². The number of fused-ring (bicyclic) bond motifs is 2. The van der Waals surface area contributed by atoms with Crippen LogP contribution in [0.25, 0.3) is 0 Å². The highest BCUT2D eigenvalue weighted by molar-refractivity contribution is 6.35. The fourth-order valence-corrected chi connectivity index (χ4v) is 5.04. The number of hydrogen-bond donors (Lipinski definition) is 0. The average molecular weight is 792 g/mol. The molecule has 6 rings (SSSR count). The number of halogens is 16. The van der Waals surface area contributed by atoms with E-state index in [1.807, 2.05) is 0 Å². The van der Waals surface area contributed by atoms with E-state index in [1.165, 1.54) is 0 Å². The quantitative estimate of drug-likeness (QED) is 0.0947. The van der Waals surface area contributed by atoms with Gasteiger partial charge in [0.05, 0.1) is 58.4 Å². The van der Waals surface area contributed by atoms with Crippen molar-refractivity contribution in [3.63, 3.8) is 0 Å². The van der Waals surface area contributed by atoms with Crippen LogP contribution in [0.5, 0.6) is 0 Å². The smallest absolute Gasteiger partial charge is 0.268 e. The van der Waals surface area contributed by atoms with Gasteiger partial charge in [-0.3, -0.25) is 19.2 Å². The molecule has 0 saturated heterocycles. The molecule has 2 aliphatic heterocycles. The first-order chi connectivity index (χ1) is 24.9. The van der Waals surface area contributed by atoms with Crippen LogP contribution in [0.4, 0.5) is 81.6 Å². The van der Waals surface area contributed by atoms with E-state index in [2.05, 4.69) is 19.9 Å². The van der Waals surface area contributed by atoms with Gasteiger partial charge in [-0.1, -0.05) is 0 Å². The van der Waals surface area contributed by atoms with Crippen molar-refractivity contribution in [2.75, 3.05) is 9.80 Å². The van der Waals surface area contributed by atoms with Crippen molar-refractivity contribution in [1.29, 1.82) is 0 Å². The molecule has 0 fully saturated rings. The van der Waals surface area contributed by atoms with Gasteiger partial charge in [-0.25, -0.2) is 64.9 Å². The zero-order valence-electron chi connectivity index (χ0n) is 24.7. The van der Waals surface area contributed by atoms with Gasteiger partial charge in [0, 0.05) is 0 Å². The molecule has 0 radical (unpaired) electrons. The zero-order valence-corrected chi connectivity index (χ0v) is 24.7. The molecular weight excluding hydrogens is 788 g/mol. The summed E-state index contributed by atoms with van der Waals surface area (Å²) in [6.07, 6.45) is -0.800. The van der Waals surface area contributed by atoms with Crippen LogP contribution >= 0.6 is 0 Å². The Labute approximate surface area is 283 Å². The maximum atomic E-state index is 14.9. The van der Waals surface area contributed by atoms with Gasteiger partial charge in [-0.15, -0.1) is 0 Å². The fourth-order valence-electron chi connectivity index (χ4n) is 5.04. The van der Waals surface area contributed by atoms with Crippen molar-refractivity contribution in [3.05, 3.63) is 105 Å². The first-order valence-corrected chi connectivity index (χ1v) is 13.5. The number of rotatable bonds is 7. The molecule has 10 nitrogen and oxygen atoms in total. The largest absolute Gasteiger partial charge is 0.386 e. The third kappa shape index (κ3) is 4.63. The van der Waals surface area contributed by atoms with E-state index in [-0.39, 0.29) is 24.8 Å². The topological polar surface area (TPSA) is 126 Å². The van der Waals surface area contributed by atoms with Gasteiger partial charge in [0.25, 0.3) is 23.6 Å². The van der Waals surface area contributed by atoms with Gasteiger partial charge < -0.3 is 0 Å². The van der Waals surface area contributed by atoms with Crippen LogP contribution < -0.4 is 9.80 Å². The van der Waals surface area contributed by atoms with Crippen molar-refractivity contribution >= 4 is 35.0 Å². The second-order valence-corrected chi connectivity index (χ2v) is 10.7. The van der Waals surface area contributed by atoms with Gasteiger partial charge in [0.1, 0.15) is 0 Å². The van der Waals surface area contributed by atoms with Gasteiger partial charge in [0.15, 0.2) is 46.5 Å². The first kappa shape index (κ1) is 37.5. The van der Waals surface area contributed by atoms with Crippen LogP contribution in [0.15, 0.2) is 24.8 Å². The Morgan fingerprint density at radius 1 is 0.370 bits per heavy atom.